The van der Waals surface area contributed by atoms with Crippen LogP contribution in [-0.4, -0.2) is 30.8 Å². The summed E-state index contributed by atoms with van der Waals surface area (Å²) in [6.07, 6.45) is 0.670. The molecule has 1 atom stereocenters. The highest BCUT2D eigenvalue weighted by molar-refractivity contribution is 5.77. The van der Waals surface area contributed by atoms with Gasteiger partial charge in [0.2, 0.25) is 0 Å². The second-order valence-corrected chi connectivity index (χ2v) is 3.86. The third-order valence-corrected chi connectivity index (χ3v) is 2.78. The molecule has 0 amide bonds. The van der Waals surface area contributed by atoms with Gasteiger partial charge in [-0.15, -0.1) is 0 Å². The summed E-state index contributed by atoms with van der Waals surface area (Å²) in [5.74, 6) is 0.305. The lowest BCUT2D eigenvalue weighted by Gasteiger charge is -2.11. The first-order chi connectivity index (χ1) is 8.22. The maximum absolute atomic E-state index is 11.2. The second kappa shape index (κ2) is 5.05. The lowest BCUT2D eigenvalue weighted by atomic mass is 10.1. The molecule has 0 saturated carbocycles. The van der Waals surface area contributed by atoms with Crippen LogP contribution in [0.2, 0.25) is 0 Å². The molecular weight excluding hydrogens is 222 g/mol. The molecule has 92 valence electrons. The van der Waals surface area contributed by atoms with Crippen molar-refractivity contribution in [2.75, 3.05) is 13.7 Å². The molecule has 5 heteroatoms. The number of phenols is 1. The zero-order valence-corrected chi connectivity index (χ0v) is 9.60. The van der Waals surface area contributed by atoms with Crippen LogP contribution in [0.15, 0.2) is 18.2 Å². The van der Waals surface area contributed by atoms with E-state index in [2.05, 4.69) is 5.32 Å². The molecule has 0 aliphatic carbocycles. The fourth-order valence-corrected chi connectivity index (χ4v) is 1.79. The third kappa shape index (κ3) is 2.50. The van der Waals surface area contributed by atoms with Gasteiger partial charge in [-0.2, -0.15) is 0 Å². The minimum absolute atomic E-state index is 0.105. The Kier molecular flexibility index (Phi) is 3.49. The molecule has 0 bridgehead atoms. The Hall–Kier alpha value is -1.75. The Morgan fingerprint density at radius 3 is 3.06 bits per heavy atom. The Balaban J connectivity index is 2.01. The van der Waals surface area contributed by atoms with E-state index in [1.165, 1.54) is 7.11 Å². The number of nitrogens with one attached hydrogen (secondary N) is 1. The number of cyclic esters (lactones) is 1. The van der Waals surface area contributed by atoms with Crippen molar-refractivity contribution in [3.05, 3.63) is 23.8 Å². The highest BCUT2D eigenvalue weighted by Gasteiger charge is 2.25. The average molecular weight is 237 g/mol. The monoisotopic (exact) mass is 237 g/mol. The molecule has 1 aliphatic heterocycles. The smallest absolute Gasteiger partial charge is 0.323 e. The van der Waals surface area contributed by atoms with E-state index < -0.39 is 0 Å². The van der Waals surface area contributed by atoms with Gasteiger partial charge in [0.15, 0.2) is 11.5 Å². The molecule has 2 rings (SSSR count). The summed E-state index contributed by atoms with van der Waals surface area (Å²) in [6, 6.07) is 4.98. The van der Waals surface area contributed by atoms with Crippen molar-refractivity contribution in [3.8, 4) is 11.5 Å². The van der Waals surface area contributed by atoms with Crippen molar-refractivity contribution in [1.82, 2.24) is 5.32 Å². The molecule has 1 saturated heterocycles. The normalized spacial score (nSPS) is 19.1. The number of hydrogen-bond donors (Lipinski definition) is 2. The molecule has 2 N–H and O–H groups in total. The summed E-state index contributed by atoms with van der Waals surface area (Å²) in [4.78, 5) is 11.2. The zero-order chi connectivity index (χ0) is 12.3. The predicted molar refractivity (Wildman–Crippen MR) is 60.9 cm³/mol. The number of esters is 1. The van der Waals surface area contributed by atoms with E-state index in [-0.39, 0.29) is 17.8 Å². The van der Waals surface area contributed by atoms with E-state index in [0.717, 1.165) is 0 Å². The van der Waals surface area contributed by atoms with Gasteiger partial charge in [0, 0.05) is 18.5 Å². The molecule has 1 aromatic carbocycles. The van der Waals surface area contributed by atoms with E-state index in [0.29, 0.717) is 30.9 Å². The van der Waals surface area contributed by atoms with Gasteiger partial charge >= 0.3 is 5.97 Å². The van der Waals surface area contributed by atoms with E-state index >= 15 is 0 Å². The maximum Gasteiger partial charge on any atom is 0.323 e. The topological polar surface area (TPSA) is 67.8 Å². The van der Waals surface area contributed by atoms with Crippen molar-refractivity contribution in [3.63, 3.8) is 0 Å². The molecule has 1 fully saturated rings. The fourth-order valence-electron chi connectivity index (χ4n) is 1.79. The minimum atomic E-state index is -0.277. The number of hydrogen-bond acceptors (Lipinski definition) is 5. The van der Waals surface area contributed by atoms with E-state index in [1.807, 2.05) is 0 Å². The number of methoxy groups -OCH3 is 1. The average Bonchev–Trinajstić information content (AvgIpc) is 2.74. The van der Waals surface area contributed by atoms with Crippen LogP contribution in [0.5, 0.6) is 11.5 Å². The largest absolute Gasteiger partial charge is 0.504 e. The van der Waals surface area contributed by atoms with Crippen molar-refractivity contribution in [1.29, 1.82) is 0 Å². The minimum Gasteiger partial charge on any atom is -0.504 e. The molecule has 17 heavy (non-hydrogen) atoms. The fraction of sp³-hybridized carbons (Fsp3) is 0.417. The number of rotatable bonds is 4. The van der Waals surface area contributed by atoms with Crippen LogP contribution in [0.3, 0.4) is 0 Å². The molecule has 1 aromatic rings. The number of aromatic hydroxyl groups is 1. The van der Waals surface area contributed by atoms with Crippen molar-refractivity contribution in [2.24, 2.45) is 0 Å². The Labute approximate surface area is 99.3 Å². The Morgan fingerprint density at radius 2 is 2.41 bits per heavy atom. The van der Waals surface area contributed by atoms with Gasteiger partial charge in [0.25, 0.3) is 0 Å². The zero-order valence-electron chi connectivity index (χ0n) is 9.60. The lowest BCUT2D eigenvalue weighted by Crippen LogP contribution is -2.32. The quantitative estimate of drug-likeness (QED) is 0.758. The van der Waals surface area contributed by atoms with Crippen LogP contribution in [0.1, 0.15) is 12.0 Å². The van der Waals surface area contributed by atoms with Crippen LogP contribution < -0.4 is 10.1 Å². The number of carbonyl (C=O) groups excluding carboxylic acids is 1. The third-order valence-electron chi connectivity index (χ3n) is 2.78. The second-order valence-electron chi connectivity index (χ2n) is 3.86. The summed E-state index contributed by atoms with van der Waals surface area (Å²) >= 11 is 0. The van der Waals surface area contributed by atoms with Gasteiger partial charge in [-0.1, -0.05) is 12.1 Å². The molecule has 5 nitrogen and oxygen atoms in total. The van der Waals surface area contributed by atoms with Gasteiger partial charge in [-0.05, 0) is 6.07 Å². The van der Waals surface area contributed by atoms with Crippen molar-refractivity contribution >= 4 is 5.97 Å². The Bertz CT molecular complexity index is 419. The van der Waals surface area contributed by atoms with Gasteiger partial charge in [-0.3, -0.25) is 4.79 Å². The number of phenolic OH excluding ortho intramolecular Hbond substituents is 1. The van der Waals surface area contributed by atoms with Gasteiger partial charge in [0.05, 0.1) is 13.7 Å². The molecule has 0 radical (unpaired) electrons. The highest BCUT2D eigenvalue weighted by atomic mass is 16.5. The summed E-state index contributed by atoms with van der Waals surface area (Å²) in [5.41, 5.74) is 0.698. The van der Waals surface area contributed by atoms with E-state index in [1.54, 1.807) is 18.2 Å². The van der Waals surface area contributed by atoms with Crippen molar-refractivity contribution < 1.29 is 19.4 Å². The highest BCUT2D eigenvalue weighted by Crippen LogP contribution is 2.29. The number of para-hydroxylation sites is 1. The Morgan fingerprint density at radius 1 is 1.59 bits per heavy atom. The summed E-state index contributed by atoms with van der Waals surface area (Å²) in [7, 11) is 1.50. The molecule has 1 unspecified atom stereocenters. The van der Waals surface area contributed by atoms with Crippen LogP contribution in [-0.2, 0) is 16.1 Å². The summed E-state index contributed by atoms with van der Waals surface area (Å²) in [5, 5.41) is 12.9. The summed E-state index contributed by atoms with van der Waals surface area (Å²) in [6.45, 7) is 0.864. The van der Waals surface area contributed by atoms with Crippen molar-refractivity contribution in [2.45, 2.75) is 19.0 Å². The van der Waals surface area contributed by atoms with Crippen LogP contribution >= 0.6 is 0 Å². The first-order valence-electron chi connectivity index (χ1n) is 5.47. The number of benzene rings is 1. The SMILES string of the molecule is COc1cccc(CNC2CCOC2=O)c1O. The van der Waals surface area contributed by atoms with E-state index in [9.17, 15) is 9.90 Å². The van der Waals surface area contributed by atoms with Crippen LogP contribution in [0.25, 0.3) is 0 Å². The standard InChI is InChI=1S/C12H15NO4/c1-16-10-4-2-3-8(11(10)14)7-13-9-5-6-17-12(9)15/h2-4,9,13-14H,5-7H2,1H3. The number of carbonyl (C=O) groups is 1. The van der Waals surface area contributed by atoms with Gasteiger partial charge < -0.3 is 19.9 Å². The van der Waals surface area contributed by atoms with Gasteiger partial charge in [0.1, 0.15) is 6.04 Å². The first-order valence-corrected chi connectivity index (χ1v) is 5.47. The molecular formula is C12H15NO4. The molecule has 1 heterocycles. The number of ether oxygens (including phenoxy) is 2. The van der Waals surface area contributed by atoms with Crippen LogP contribution in [0.4, 0.5) is 0 Å². The lowest BCUT2D eigenvalue weighted by molar-refractivity contribution is -0.139. The predicted octanol–water partition coefficient (Wildman–Crippen LogP) is 0.806. The van der Waals surface area contributed by atoms with Gasteiger partial charge in [-0.25, -0.2) is 0 Å². The molecule has 1 aliphatic rings. The molecule has 0 aromatic heterocycles. The molecule has 0 spiro atoms. The first kappa shape index (κ1) is 11.7. The summed E-state index contributed by atoms with van der Waals surface area (Å²) < 4.78 is 9.85. The maximum atomic E-state index is 11.2. The van der Waals surface area contributed by atoms with E-state index in [4.69, 9.17) is 9.47 Å². The van der Waals surface area contributed by atoms with Crippen LogP contribution in [0, 0.1) is 0 Å².